The largest absolute Gasteiger partial charge is 0.505 e. The number of hydrogen-bond acceptors (Lipinski definition) is 6. The lowest BCUT2D eigenvalue weighted by atomic mass is 9.61. The topological polar surface area (TPSA) is 124 Å². The number of aliphatic hydroxyl groups excluding tert-OH is 1. The number of nitrogens with zero attached hydrogens (tertiary/aromatic N) is 2. The quantitative estimate of drug-likeness (QED) is 0.372. The minimum Gasteiger partial charge on any atom is -0.505 e. The SMILES string of the molecule is Cc1ncc(CO)c(/C=N/NC(=O)c2ccc(C(=O)NC34CC(C)CC(CC(C)C3)C4)cc2)c1O. The average molecular weight is 479 g/mol. The van der Waals surface area contributed by atoms with Crippen molar-refractivity contribution in [2.45, 2.75) is 65.0 Å². The molecule has 8 heteroatoms. The highest BCUT2D eigenvalue weighted by Gasteiger charge is 2.45. The van der Waals surface area contributed by atoms with E-state index in [2.05, 4.69) is 34.7 Å². The second-order valence-electron chi connectivity index (χ2n) is 10.5. The number of rotatable bonds is 6. The van der Waals surface area contributed by atoms with Crippen molar-refractivity contribution in [1.82, 2.24) is 15.7 Å². The molecule has 2 bridgehead atoms. The van der Waals surface area contributed by atoms with Gasteiger partial charge in [-0.2, -0.15) is 5.10 Å². The molecule has 2 unspecified atom stereocenters. The third-order valence-corrected chi connectivity index (χ3v) is 7.31. The van der Waals surface area contributed by atoms with E-state index in [9.17, 15) is 19.8 Å². The minimum absolute atomic E-state index is 0.100. The highest BCUT2D eigenvalue weighted by Crippen LogP contribution is 2.47. The number of aromatic hydroxyl groups is 1. The summed E-state index contributed by atoms with van der Waals surface area (Å²) in [6, 6.07) is 6.51. The van der Waals surface area contributed by atoms with E-state index in [1.807, 2.05) is 0 Å². The number of fused-ring (bicyclic) bond motifs is 2. The van der Waals surface area contributed by atoms with Crippen LogP contribution >= 0.6 is 0 Å². The summed E-state index contributed by atoms with van der Waals surface area (Å²) in [6.07, 6.45) is 8.30. The molecule has 2 aromatic rings. The van der Waals surface area contributed by atoms with Crippen molar-refractivity contribution in [2.75, 3.05) is 0 Å². The number of aryl methyl sites for hydroxylation is 1. The first kappa shape index (κ1) is 24.9. The predicted molar refractivity (Wildman–Crippen MR) is 133 cm³/mol. The summed E-state index contributed by atoms with van der Waals surface area (Å²) in [5.41, 5.74) is 4.24. The Morgan fingerprint density at radius 3 is 2.29 bits per heavy atom. The molecule has 1 heterocycles. The van der Waals surface area contributed by atoms with E-state index in [1.54, 1.807) is 31.2 Å². The van der Waals surface area contributed by atoms with E-state index >= 15 is 0 Å². The minimum atomic E-state index is -0.451. The second kappa shape index (κ2) is 10.2. The number of carbonyl (C=O) groups is 2. The number of benzene rings is 1. The summed E-state index contributed by atoms with van der Waals surface area (Å²) in [5, 5.41) is 26.9. The zero-order valence-electron chi connectivity index (χ0n) is 20.5. The van der Waals surface area contributed by atoms with Gasteiger partial charge in [0.1, 0.15) is 5.75 Å². The Kier molecular flexibility index (Phi) is 7.21. The van der Waals surface area contributed by atoms with Gasteiger partial charge >= 0.3 is 0 Å². The fraction of sp³-hybridized carbons (Fsp3) is 0.481. The van der Waals surface area contributed by atoms with Crippen LogP contribution in [0, 0.1) is 24.7 Å². The van der Waals surface area contributed by atoms with Crippen molar-refractivity contribution in [3.05, 3.63) is 58.4 Å². The van der Waals surface area contributed by atoms with Gasteiger partial charge in [-0.25, -0.2) is 5.43 Å². The zero-order chi connectivity index (χ0) is 25.2. The van der Waals surface area contributed by atoms with Crippen LogP contribution in [0.5, 0.6) is 5.75 Å². The van der Waals surface area contributed by atoms with Crippen LogP contribution in [0.4, 0.5) is 0 Å². The molecule has 2 aliphatic carbocycles. The van der Waals surface area contributed by atoms with Crippen LogP contribution in [0.25, 0.3) is 0 Å². The molecule has 2 atom stereocenters. The number of pyridine rings is 1. The third-order valence-electron chi connectivity index (χ3n) is 7.31. The molecule has 0 radical (unpaired) electrons. The Labute approximate surface area is 205 Å². The third kappa shape index (κ3) is 5.53. The number of carbonyl (C=O) groups excluding carboxylic acids is 2. The van der Waals surface area contributed by atoms with Gasteiger partial charge in [-0.1, -0.05) is 13.8 Å². The van der Waals surface area contributed by atoms with Gasteiger partial charge in [-0.15, -0.1) is 0 Å². The molecule has 0 aliphatic heterocycles. The number of nitrogens with one attached hydrogen (secondary N) is 2. The Hall–Kier alpha value is -3.26. The molecular formula is C27H34N4O4. The molecule has 1 aromatic heterocycles. The summed E-state index contributed by atoms with van der Waals surface area (Å²) < 4.78 is 0. The van der Waals surface area contributed by atoms with Crippen molar-refractivity contribution in [3.63, 3.8) is 0 Å². The van der Waals surface area contributed by atoms with Gasteiger partial charge in [0, 0.05) is 34.0 Å². The van der Waals surface area contributed by atoms with Crippen molar-refractivity contribution in [1.29, 1.82) is 0 Å². The molecule has 35 heavy (non-hydrogen) atoms. The Balaban J connectivity index is 1.40. The van der Waals surface area contributed by atoms with Crippen LogP contribution in [0.1, 0.15) is 83.5 Å². The van der Waals surface area contributed by atoms with Gasteiger partial charge in [-0.3, -0.25) is 14.6 Å². The van der Waals surface area contributed by atoms with E-state index in [1.165, 1.54) is 25.3 Å². The van der Waals surface area contributed by atoms with E-state index in [-0.39, 0.29) is 23.8 Å². The summed E-state index contributed by atoms with van der Waals surface area (Å²) in [5.74, 6) is 1.25. The fourth-order valence-electron chi connectivity index (χ4n) is 6.09. The van der Waals surface area contributed by atoms with Crippen molar-refractivity contribution in [2.24, 2.45) is 22.9 Å². The number of aromatic nitrogens is 1. The van der Waals surface area contributed by atoms with Crippen LogP contribution in [-0.4, -0.2) is 38.8 Å². The van der Waals surface area contributed by atoms with Crippen molar-refractivity contribution in [3.8, 4) is 5.75 Å². The lowest BCUT2D eigenvalue weighted by molar-refractivity contribution is 0.0476. The van der Waals surface area contributed by atoms with Gasteiger partial charge in [0.25, 0.3) is 11.8 Å². The van der Waals surface area contributed by atoms with Gasteiger partial charge in [0.2, 0.25) is 0 Å². The fourth-order valence-corrected chi connectivity index (χ4v) is 6.09. The monoisotopic (exact) mass is 478 g/mol. The van der Waals surface area contributed by atoms with E-state index in [4.69, 9.17) is 0 Å². The molecule has 2 saturated carbocycles. The normalized spacial score (nSPS) is 25.9. The van der Waals surface area contributed by atoms with Crippen LogP contribution in [0.3, 0.4) is 0 Å². The van der Waals surface area contributed by atoms with Crippen molar-refractivity contribution < 1.29 is 19.8 Å². The Morgan fingerprint density at radius 1 is 1.09 bits per heavy atom. The highest BCUT2D eigenvalue weighted by atomic mass is 16.3. The number of aliphatic hydroxyl groups is 1. The first-order valence-electron chi connectivity index (χ1n) is 12.2. The predicted octanol–water partition coefficient (Wildman–Crippen LogP) is 3.69. The lowest BCUT2D eigenvalue weighted by Gasteiger charge is -2.50. The highest BCUT2D eigenvalue weighted by molar-refractivity contribution is 5.98. The first-order valence-corrected chi connectivity index (χ1v) is 12.2. The van der Waals surface area contributed by atoms with Gasteiger partial charge in [-0.05, 0) is 81.0 Å². The molecule has 4 rings (SSSR count). The standard InChI is InChI=1S/C27H34N4O4/c1-16-8-19-9-17(2)11-27(10-16,12-19)30-25(34)20-4-6-21(7-5-20)26(35)31-29-14-23-22(15-32)13-28-18(3)24(23)33/h4-7,13-14,16-17,19,32-33H,8-12,15H2,1-3H3,(H,30,34)(H,31,35)/b29-14+. The molecule has 0 saturated heterocycles. The average Bonchev–Trinajstić information content (AvgIpc) is 2.80. The molecule has 2 aliphatic rings. The second-order valence-corrected chi connectivity index (χ2v) is 10.5. The lowest BCUT2D eigenvalue weighted by Crippen LogP contribution is -2.56. The summed E-state index contributed by atoms with van der Waals surface area (Å²) in [7, 11) is 0. The van der Waals surface area contributed by atoms with Gasteiger partial charge in [0.05, 0.1) is 18.5 Å². The maximum atomic E-state index is 13.1. The Morgan fingerprint density at radius 2 is 1.69 bits per heavy atom. The van der Waals surface area contributed by atoms with Crippen LogP contribution in [0.15, 0.2) is 35.6 Å². The van der Waals surface area contributed by atoms with Gasteiger partial charge < -0.3 is 15.5 Å². The van der Waals surface area contributed by atoms with E-state index in [0.717, 1.165) is 19.3 Å². The van der Waals surface area contributed by atoms with Crippen LogP contribution in [-0.2, 0) is 6.61 Å². The van der Waals surface area contributed by atoms with Crippen LogP contribution < -0.4 is 10.7 Å². The Bertz CT molecular complexity index is 1110. The number of hydrogen-bond donors (Lipinski definition) is 4. The van der Waals surface area contributed by atoms with E-state index in [0.29, 0.717) is 45.7 Å². The van der Waals surface area contributed by atoms with Crippen LogP contribution in [0.2, 0.25) is 0 Å². The molecule has 2 amide bonds. The maximum absolute atomic E-state index is 13.1. The zero-order valence-corrected chi connectivity index (χ0v) is 20.5. The van der Waals surface area contributed by atoms with E-state index < -0.39 is 5.91 Å². The first-order chi connectivity index (χ1) is 16.7. The molecule has 2 fully saturated rings. The molecule has 1 aromatic carbocycles. The molecule has 4 N–H and O–H groups in total. The number of amides is 2. The van der Waals surface area contributed by atoms with Gasteiger partial charge in [0.15, 0.2) is 0 Å². The maximum Gasteiger partial charge on any atom is 0.271 e. The molecule has 186 valence electrons. The summed E-state index contributed by atoms with van der Waals surface area (Å²) in [6.45, 7) is 5.87. The molecular weight excluding hydrogens is 444 g/mol. The van der Waals surface area contributed by atoms with Crippen molar-refractivity contribution >= 4 is 18.0 Å². The molecule has 8 nitrogen and oxygen atoms in total. The summed E-state index contributed by atoms with van der Waals surface area (Å²) >= 11 is 0. The molecule has 0 spiro atoms. The number of hydrazone groups is 1. The smallest absolute Gasteiger partial charge is 0.271 e. The summed E-state index contributed by atoms with van der Waals surface area (Å²) in [4.78, 5) is 29.6.